The van der Waals surface area contributed by atoms with Crippen molar-refractivity contribution in [1.29, 1.82) is 0 Å². The average Bonchev–Trinajstić information content (AvgIpc) is 3.07. The normalized spacial score (nSPS) is 11.4. The van der Waals surface area contributed by atoms with Crippen LogP contribution in [0.4, 0.5) is 0 Å². The van der Waals surface area contributed by atoms with Crippen molar-refractivity contribution in [2.75, 3.05) is 5.75 Å². The Morgan fingerprint density at radius 1 is 1.04 bits per heavy atom. The molecule has 0 saturated carbocycles. The summed E-state index contributed by atoms with van der Waals surface area (Å²) >= 11 is 0. The van der Waals surface area contributed by atoms with E-state index in [4.69, 9.17) is 0 Å². The molecular weight excluding hydrogens is 324 g/mol. The molecule has 24 heavy (non-hydrogen) atoms. The van der Waals surface area contributed by atoms with Crippen molar-refractivity contribution in [2.24, 2.45) is 0 Å². The predicted octanol–water partition coefficient (Wildman–Crippen LogP) is 3.15. The zero-order chi connectivity index (χ0) is 17.2. The summed E-state index contributed by atoms with van der Waals surface area (Å²) in [5.74, 6) is 0.0502. The van der Waals surface area contributed by atoms with Crippen molar-refractivity contribution in [3.05, 3.63) is 66.4 Å². The van der Waals surface area contributed by atoms with E-state index in [-0.39, 0.29) is 10.6 Å². The molecule has 6 heteroatoms. The first-order valence-electron chi connectivity index (χ1n) is 7.48. The van der Waals surface area contributed by atoms with Gasteiger partial charge in [0.05, 0.1) is 21.9 Å². The van der Waals surface area contributed by atoms with Crippen LogP contribution < -0.4 is 0 Å². The topological polar surface area (TPSA) is 69.0 Å². The van der Waals surface area contributed by atoms with Crippen molar-refractivity contribution in [3.8, 4) is 16.9 Å². The fourth-order valence-corrected chi connectivity index (χ4v) is 3.28. The van der Waals surface area contributed by atoms with Crippen molar-refractivity contribution >= 4 is 16.1 Å². The third-order valence-electron chi connectivity index (χ3n) is 3.76. The predicted molar refractivity (Wildman–Crippen MR) is 92.1 cm³/mol. The minimum Gasteiger partial charge on any atom is -0.298 e. The Bertz CT molecular complexity index is 959. The van der Waals surface area contributed by atoms with Crippen LogP contribution in [-0.2, 0) is 9.84 Å². The summed E-state index contributed by atoms with van der Waals surface area (Å²) in [6.07, 6.45) is 2.41. The number of sulfone groups is 1. The van der Waals surface area contributed by atoms with Crippen LogP contribution in [0.5, 0.6) is 0 Å². The summed E-state index contributed by atoms with van der Waals surface area (Å²) in [5, 5.41) is 4.47. The van der Waals surface area contributed by atoms with Crippen LogP contribution in [0.15, 0.2) is 65.7 Å². The van der Waals surface area contributed by atoms with Gasteiger partial charge in [-0.1, -0.05) is 37.3 Å². The second-order valence-electron chi connectivity index (χ2n) is 5.26. The van der Waals surface area contributed by atoms with Gasteiger partial charge in [0.15, 0.2) is 16.1 Å². The second-order valence-corrected chi connectivity index (χ2v) is 7.54. The largest absolute Gasteiger partial charge is 0.298 e. The number of aldehydes is 1. The third-order valence-corrected chi connectivity index (χ3v) is 5.51. The van der Waals surface area contributed by atoms with Crippen LogP contribution in [0.25, 0.3) is 16.9 Å². The van der Waals surface area contributed by atoms with Crippen LogP contribution in [-0.4, -0.2) is 30.2 Å². The van der Waals surface area contributed by atoms with Gasteiger partial charge in [0.2, 0.25) is 0 Å². The molecular formula is C18H16N2O3S. The fraction of sp³-hybridized carbons (Fsp3) is 0.111. The maximum absolute atomic E-state index is 11.9. The lowest BCUT2D eigenvalue weighted by Crippen LogP contribution is -2.03. The van der Waals surface area contributed by atoms with Gasteiger partial charge < -0.3 is 0 Å². The number of benzene rings is 2. The van der Waals surface area contributed by atoms with E-state index in [0.717, 1.165) is 12.0 Å². The molecule has 0 aliphatic heterocycles. The third kappa shape index (κ3) is 3.00. The lowest BCUT2D eigenvalue weighted by atomic mass is 10.1. The maximum Gasteiger partial charge on any atom is 0.178 e. The molecule has 1 heterocycles. The zero-order valence-corrected chi connectivity index (χ0v) is 13.9. The Labute approximate surface area is 140 Å². The second kappa shape index (κ2) is 6.41. The Morgan fingerprint density at radius 2 is 1.71 bits per heavy atom. The first-order valence-corrected chi connectivity index (χ1v) is 9.14. The molecule has 0 amide bonds. The van der Waals surface area contributed by atoms with Crippen LogP contribution in [0.2, 0.25) is 0 Å². The average molecular weight is 340 g/mol. The van der Waals surface area contributed by atoms with Crippen molar-refractivity contribution in [2.45, 2.75) is 11.8 Å². The highest BCUT2D eigenvalue weighted by atomic mass is 32.2. The lowest BCUT2D eigenvalue weighted by molar-refractivity contribution is 0.112. The van der Waals surface area contributed by atoms with E-state index in [1.54, 1.807) is 42.1 Å². The Balaban J connectivity index is 2.03. The van der Waals surface area contributed by atoms with Gasteiger partial charge in [-0.3, -0.25) is 4.79 Å². The molecule has 0 aliphatic carbocycles. The monoisotopic (exact) mass is 340 g/mol. The molecule has 1 aromatic heterocycles. The van der Waals surface area contributed by atoms with Gasteiger partial charge in [-0.15, -0.1) is 0 Å². The number of aromatic nitrogens is 2. The van der Waals surface area contributed by atoms with Crippen LogP contribution >= 0.6 is 0 Å². The van der Waals surface area contributed by atoms with E-state index in [1.807, 2.05) is 30.3 Å². The fourth-order valence-electron chi connectivity index (χ4n) is 2.40. The van der Waals surface area contributed by atoms with Gasteiger partial charge in [0.1, 0.15) is 5.69 Å². The molecule has 0 bridgehead atoms. The van der Waals surface area contributed by atoms with Crippen molar-refractivity contribution in [1.82, 2.24) is 9.78 Å². The van der Waals surface area contributed by atoms with E-state index < -0.39 is 9.84 Å². The Kier molecular flexibility index (Phi) is 4.31. The molecule has 122 valence electrons. The highest BCUT2D eigenvalue weighted by Crippen LogP contribution is 2.24. The number of rotatable bonds is 5. The highest BCUT2D eigenvalue weighted by Gasteiger charge is 2.14. The van der Waals surface area contributed by atoms with Crippen LogP contribution in [0.3, 0.4) is 0 Å². The molecule has 2 aromatic carbocycles. The smallest absolute Gasteiger partial charge is 0.178 e. The first-order chi connectivity index (χ1) is 11.5. The maximum atomic E-state index is 11.9. The molecule has 3 rings (SSSR count). The van der Waals surface area contributed by atoms with Gasteiger partial charge in [-0.25, -0.2) is 13.1 Å². The van der Waals surface area contributed by atoms with Gasteiger partial charge in [0, 0.05) is 11.8 Å². The van der Waals surface area contributed by atoms with E-state index in [0.29, 0.717) is 16.8 Å². The number of hydrogen-bond acceptors (Lipinski definition) is 4. The quantitative estimate of drug-likeness (QED) is 0.669. The van der Waals surface area contributed by atoms with E-state index >= 15 is 0 Å². The molecule has 0 unspecified atom stereocenters. The van der Waals surface area contributed by atoms with Gasteiger partial charge in [-0.2, -0.15) is 5.10 Å². The lowest BCUT2D eigenvalue weighted by Gasteiger charge is -2.03. The van der Waals surface area contributed by atoms with Gasteiger partial charge >= 0.3 is 0 Å². The number of nitrogens with zero attached hydrogens (tertiary/aromatic N) is 2. The summed E-state index contributed by atoms with van der Waals surface area (Å²) in [5.41, 5.74) is 2.51. The van der Waals surface area contributed by atoms with Crippen molar-refractivity contribution in [3.63, 3.8) is 0 Å². The van der Waals surface area contributed by atoms with E-state index in [1.165, 1.54) is 0 Å². The highest BCUT2D eigenvalue weighted by molar-refractivity contribution is 7.91. The summed E-state index contributed by atoms with van der Waals surface area (Å²) in [6.45, 7) is 1.61. The molecule has 5 nitrogen and oxygen atoms in total. The minimum absolute atomic E-state index is 0.0502. The molecule has 3 aromatic rings. The Morgan fingerprint density at radius 3 is 2.29 bits per heavy atom. The van der Waals surface area contributed by atoms with Gasteiger partial charge in [0.25, 0.3) is 0 Å². The van der Waals surface area contributed by atoms with E-state index in [2.05, 4.69) is 5.10 Å². The molecule has 0 atom stereocenters. The molecule has 0 spiro atoms. The molecule has 0 N–H and O–H groups in total. The van der Waals surface area contributed by atoms with Crippen LogP contribution in [0.1, 0.15) is 17.3 Å². The summed E-state index contributed by atoms with van der Waals surface area (Å²) < 4.78 is 25.4. The Hall–Kier alpha value is -2.73. The summed E-state index contributed by atoms with van der Waals surface area (Å²) in [4.78, 5) is 11.6. The molecule has 0 aliphatic rings. The first kappa shape index (κ1) is 16.1. The number of carbonyl (C=O) groups is 1. The summed E-state index contributed by atoms with van der Waals surface area (Å²) in [7, 11) is -3.25. The molecule has 0 fully saturated rings. The standard InChI is InChI=1S/C18H16N2O3S/c1-2-24(22,23)17-10-8-14(9-11-17)18-15(13-21)12-20(19-18)16-6-4-3-5-7-16/h3-13H,2H2,1H3. The SMILES string of the molecule is CCS(=O)(=O)c1ccc(-c2nn(-c3ccccc3)cc2C=O)cc1. The summed E-state index contributed by atoms with van der Waals surface area (Å²) in [6, 6.07) is 15.9. The van der Waals surface area contributed by atoms with E-state index in [9.17, 15) is 13.2 Å². The molecule has 0 saturated heterocycles. The number of para-hydroxylation sites is 1. The zero-order valence-electron chi connectivity index (χ0n) is 13.1. The minimum atomic E-state index is -3.25. The number of carbonyl (C=O) groups excluding carboxylic acids is 1. The van der Waals surface area contributed by atoms with Gasteiger partial charge in [-0.05, 0) is 24.3 Å². The van der Waals surface area contributed by atoms with Crippen LogP contribution in [0, 0.1) is 0 Å². The molecule has 0 radical (unpaired) electrons. The number of hydrogen-bond donors (Lipinski definition) is 0. The van der Waals surface area contributed by atoms with Crippen molar-refractivity contribution < 1.29 is 13.2 Å².